The highest BCUT2D eigenvalue weighted by Gasteiger charge is 2.37. The fourth-order valence-electron chi connectivity index (χ4n) is 2.87. The van der Waals surface area contributed by atoms with Crippen molar-refractivity contribution in [3.8, 4) is 11.1 Å². The minimum atomic E-state index is -3.18. The van der Waals surface area contributed by atoms with Gasteiger partial charge in [0.2, 0.25) is 0 Å². The summed E-state index contributed by atoms with van der Waals surface area (Å²) in [6, 6.07) is 16.3. The number of imide groups is 1. The van der Waals surface area contributed by atoms with E-state index in [1.54, 1.807) is 0 Å². The van der Waals surface area contributed by atoms with Crippen molar-refractivity contribution in [2.24, 2.45) is 0 Å². The van der Waals surface area contributed by atoms with Crippen molar-refractivity contribution in [1.82, 2.24) is 10.2 Å². The predicted molar refractivity (Wildman–Crippen MR) is 99.1 cm³/mol. The molecule has 1 atom stereocenters. The largest absolute Gasteiger partial charge is 0.326 e. The number of benzene rings is 2. The van der Waals surface area contributed by atoms with Gasteiger partial charge in [-0.3, -0.25) is 9.69 Å². The van der Waals surface area contributed by atoms with Crippen LogP contribution in [0.5, 0.6) is 0 Å². The van der Waals surface area contributed by atoms with Crippen LogP contribution in [0, 0.1) is 0 Å². The molecule has 26 heavy (non-hydrogen) atoms. The molecule has 1 heterocycles. The Hall–Kier alpha value is -2.67. The first-order valence-corrected chi connectivity index (χ1v) is 10.3. The molecule has 0 aliphatic carbocycles. The van der Waals surface area contributed by atoms with Crippen LogP contribution in [0.1, 0.15) is 12.0 Å². The maximum atomic E-state index is 12.4. The SMILES string of the molecule is CS(=O)(=O)CCC1NC(=O)N(Cc2ccc(-c3ccccc3)cc2)C1=O. The lowest BCUT2D eigenvalue weighted by Crippen LogP contribution is -2.32. The molecule has 2 aromatic rings. The third-order valence-corrected chi connectivity index (χ3v) is 5.26. The number of sulfone groups is 1. The van der Waals surface area contributed by atoms with E-state index in [-0.39, 0.29) is 24.6 Å². The zero-order valence-electron chi connectivity index (χ0n) is 14.4. The van der Waals surface area contributed by atoms with Crippen LogP contribution in [0.4, 0.5) is 4.79 Å². The van der Waals surface area contributed by atoms with E-state index in [0.29, 0.717) is 0 Å². The molecule has 1 saturated heterocycles. The number of nitrogens with zero attached hydrogens (tertiary/aromatic N) is 1. The summed E-state index contributed by atoms with van der Waals surface area (Å²) in [6.45, 7) is 0.162. The van der Waals surface area contributed by atoms with Gasteiger partial charge in [-0.1, -0.05) is 54.6 Å². The highest BCUT2D eigenvalue weighted by Crippen LogP contribution is 2.21. The number of nitrogens with one attached hydrogen (secondary N) is 1. The molecule has 3 amide bonds. The maximum Gasteiger partial charge on any atom is 0.325 e. The van der Waals surface area contributed by atoms with E-state index in [1.807, 2.05) is 54.6 Å². The average Bonchev–Trinajstić information content (AvgIpc) is 2.88. The Balaban J connectivity index is 1.67. The Labute approximate surface area is 152 Å². The highest BCUT2D eigenvalue weighted by atomic mass is 32.2. The van der Waals surface area contributed by atoms with E-state index in [4.69, 9.17) is 0 Å². The zero-order chi connectivity index (χ0) is 18.7. The normalized spacial score (nSPS) is 17.4. The Morgan fingerprint density at radius 2 is 1.58 bits per heavy atom. The summed E-state index contributed by atoms with van der Waals surface area (Å²) < 4.78 is 22.5. The number of carbonyl (C=O) groups excluding carboxylic acids is 2. The van der Waals surface area contributed by atoms with Gasteiger partial charge in [0.25, 0.3) is 5.91 Å². The van der Waals surface area contributed by atoms with Gasteiger partial charge < -0.3 is 5.32 Å². The van der Waals surface area contributed by atoms with Gasteiger partial charge in [0, 0.05) is 6.26 Å². The number of rotatable bonds is 6. The quantitative estimate of drug-likeness (QED) is 0.788. The predicted octanol–water partition coefficient (Wildman–Crippen LogP) is 2.21. The van der Waals surface area contributed by atoms with Crippen molar-refractivity contribution in [1.29, 1.82) is 0 Å². The van der Waals surface area contributed by atoms with Crippen LogP contribution in [0.3, 0.4) is 0 Å². The number of hydrogen-bond acceptors (Lipinski definition) is 4. The van der Waals surface area contributed by atoms with Crippen LogP contribution in [0.25, 0.3) is 11.1 Å². The van der Waals surface area contributed by atoms with E-state index in [2.05, 4.69) is 5.32 Å². The summed E-state index contributed by atoms with van der Waals surface area (Å²) in [4.78, 5) is 25.6. The zero-order valence-corrected chi connectivity index (χ0v) is 15.2. The van der Waals surface area contributed by atoms with Crippen molar-refractivity contribution < 1.29 is 18.0 Å². The second-order valence-electron chi connectivity index (χ2n) is 6.41. The Morgan fingerprint density at radius 1 is 0.962 bits per heavy atom. The van der Waals surface area contributed by atoms with Crippen LogP contribution in [-0.4, -0.2) is 43.3 Å². The van der Waals surface area contributed by atoms with Crippen molar-refractivity contribution in [2.45, 2.75) is 19.0 Å². The molecule has 0 spiro atoms. The van der Waals surface area contributed by atoms with Gasteiger partial charge in [-0.25, -0.2) is 13.2 Å². The van der Waals surface area contributed by atoms with E-state index in [9.17, 15) is 18.0 Å². The van der Waals surface area contributed by atoms with Crippen LogP contribution in [0.15, 0.2) is 54.6 Å². The maximum absolute atomic E-state index is 12.4. The first-order valence-electron chi connectivity index (χ1n) is 8.27. The van der Waals surface area contributed by atoms with Gasteiger partial charge in [-0.15, -0.1) is 0 Å². The molecule has 1 unspecified atom stereocenters. The number of hydrogen-bond donors (Lipinski definition) is 1. The lowest BCUT2D eigenvalue weighted by Gasteiger charge is -2.13. The van der Waals surface area contributed by atoms with Crippen LogP contribution in [0.2, 0.25) is 0 Å². The number of carbonyl (C=O) groups is 2. The Bertz CT molecular complexity index is 908. The first kappa shape index (κ1) is 18.1. The smallest absolute Gasteiger partial charge is 0.325 e. The molecular weight excluding hydrogens is 352 g/mol. The topological polar surface area (TPSA) is 83.6 Å². The molecule has 2 aromatic carbocycles. The summed E-state index contributed by atoms with van der Waals surface area (Å²) in [7, 11) is -3.18. The van der Waals surface area contributed by atoms with Gasteiger partial charge in [0.05, 0.1) is 12.3 Å². The summed E-state index contributed by atoms with van der Waals surface area (Å²) in [5, 5.41) is 2.56. The molecular formula is C19H20N2O4S. The molecule has 0 radical (unpaired) electrons. The van der Waals surface area contributed by atoms with Crippen LogP contribution >= 0.6 is 0 Å². The van der Waals surface area contributed by atoms with Crippen molar-refractivity contribution >= 4 is 21.8 Å². The Kier molecular flexibility index (Phi) is 5.08. The average molecular weight is 372 g/mol. The standard InChI is InChI=1S/C19H20N2O4S/c1-26(24,25)12-11-17-18(22)21(19(23)20-17)13-14-7-9-16(10-8-14)15-5-3-2-4-6-15/h2-10,17H,11-13H2,1H3,(H,20,23). The van der Waals surface area contributed by atoms with Crippen molar-refractivity contribution in [2.75, 3.05) is 12.0 Å². The van der Waals surface area contributed by atoms with Gasteiger partial charge in [-0.2, -0.15) is 0 Å². The molecule has 0 bridgehead atoms. The van der Waals surface area contributed by atoms with Gasteiger partial charge in [0.15, 0.2) is 0 Å². The van der Waals surface area contributed by atoms with E-state index in [1.165, 1.54) is 0 Å². The second-order valence-corrected chi connectivity index (χ2v) is 8.67. The molecule has 136 valence electrons. The van der Waals surface area contributed by atoms with Crippen molar-refractivity contribution in [3.05, 3.63) is 60.2 Å². The van der Waals surface area contributed by atoms with E-state index >= 15 is 0 Å². The summed E-state index contributed by atoms with van der Waals surface area (Å²) in [5.41, 5.74) is 2.98. The van der Waals surface area contributed by atoms with Gasteiger partial charge in [0.1, 0.15) is 15.9 Å². The fraction of sp³-hybridized carbons (Fsp3) is 0.263. The Morgan fingerprint density at radius 3 is 2.19 bits per heavy atom. The van der Waals surface area contributed by atoms with Gasteiger partial charge in [-0.05, 0) is 23.1 Å². The second kappa shape index (κ2) is 7.29. The third-order valence-electron chi connectivity index (χ3n) is 4.29. The molecule has 1 N–H and O–H groups in total. The minimum Gasteiger partial charge on any atom is -0.326 e. The number of amides is 3. The molecule has 1 aliphatic heterocycles. The molecule has 0 saturated carbocycles. The van der Waals surface area contributed by atoms with Gasteiger partial charge >= 0.3 is 6.03 Å². The lowest BCUT2D eigenvalue weighted by molar-refractivity contribution is -0.127. The highest BCUT2D eigenvalue weighted by molar-refractivity contribution is 7.90. The van der Waals surface area contributed by atoms with Crippen LogP contribution in [-0.2, 0) is 21.2 Å². The molecule has 1 fully saturated rings. The first-order chi connectivity index (χ1) is 12.3. The molecule has 7 heteroatoms. The summed E-state index contributed by atoms with van der Waals surface area (Å²) in [5.74, 6) is -0.519. The number of urea groups is 1. The molecule has 6 nitrogen and oxygen atoms in total. The summed E-state index contributed by atoms with van der Waals surface area (Å²) >= 11 is 0. The minimum absolute atomic E-state index is 0.0901. The monoisotopic (exact) mass is 372 g/mol. The van der Waals surface area contributed by atoms with E-state index in [0.717, 1.165) is 27.8 Å². The molecule has 1 aliphatic rings. The van der Waals surface area contributed by atoms with Crippen LogP contribution < -0.4 is 5.32 Å². The van der Waals surface area contributed by atoms with Crippen molar-refractivity contribution in [3.63, 3.8) is 0 Å². The third kappa shape index (κ3) is 4.29. The van der Waals surface area contributed by atoms with E-state index < -0.39 is 21.9 Å². The lowest BCUT2D eigenvalue weighted by atomic mass is 10.0. The fourth-order valence-corrected chi connectivity index (χ4v) is 3.53. The molecule has 3 rings (SSSR count). The summed E-state index contributed by atoms with van der Waals surface area (Å²) in [6.07, 6.45) is 1.20. The molecule has 0 aromatic heterocycles.